The van der Waals surface area contributed by atoms with E-state index in [1.807, 2.05) is 24.3 Å². The van der Waals surface area contributed by atoms with Crippen LogP contribution in [0.15, 0.2) is 57.9 Å². The Morgan fingerprint density at radius 2 is 1.61 bits per heavy atom. The quantitative estimate of drug-likeness (QED) is 0.679. The number of carbonyl (C=O) groups is 1. The van der Waals surface area contributed by atoms with Crippen LogP contribution < -0.4 is 5.32 Å². The van der Waals surface area contributed by atoms with Gasteiger partial charge in [-0.15, -0.1) is 0 Å². The van der Waals surface area contributed by atoms with Gasteiger partial charge in [0, 0.05) is 24.1 Å². The van der Waals surface area contributed by atoms with Crippen LogP contribution in [0.3, 0.4) is 0 Å². The maximum Gasteiger partial charge on any atom is 0.243 e. The van der Waals surface area contributed by atoms with Crippen LogP contribution in [0.1, 0.15) is 11.1 Å². The maximum absolute atomic E-state index is 12.6. The predicted octanol–water partition coefficient (Wildman–Crippen LogP) is 2.37. The molecule has 0 aromatic heterocycles. The van der Waals surface area contributed by atoms with Crippen molar-refractivity contribution in [1.29, 1.82) is 0 Å². The summed E-state index contributed by atoms with van der Waals surface area (Å²) in [5, 5.41) is 2.90. The second kappa shape index (κ2) is 9.65. The van der Waals surface area contributed by atoms with E-state index in [2.05, 4.69) is 21.2 Å². The number of rotatable bonds is 7. The molecule has 1 heterocycles. The lowest BCUT2D eigenvalue weighted by atomic mass is 10.1. The molecule has 0 atom stereocenters. The van der Waals surface area contributed by atoms with Crippen molar-refractivity contribution in [1.82, 2.24) is 9.62 Å². The zero-order valence-corrected chi connectivity index (χ0v) is 17.8. The lowest BCUT2D eigenvalue weighted by Gasteiger charge is -2.26. The summed E-state index contributed by atoms with van der Waals surface area (Å²) in [6, 6.07) is 14.5. The van der Waals surface area contributed by atoms with Crippen molar-refractivity contribution in [3.05, 3.63) is 64.1 Å². The maximum atomic E-state index is 12.6. The molecule has 2 aromatic rings. The summed E-state index contributed by atoms with van der Waals surface area (Å²) in [5.41, 5.74) is 1.93. The molecule has 1 aliphatic heterocycles. The Labute approximate surface area is 174 Å². The third-order valence-electron chi connectivity index (χ3n) is 4.54. The van der Waals surface area contributed by atoms with Crippen molar-refractivity contribution in [3.63, 3.8) is 0 Å². The number of halogens is 1. The van der Waals surface area contributed by atoms with Gasteiger partial charge in [0.2, 0.25) is 15.9 Å². The molecule has 6 nitrogen and oxygen atoms in total. The van der Waals surface area contributed by atoms with E-state index in [0.717, 1.165) is 15.6 Å². The van der Waals surface area contributed by atoms with E-state index >= 15 is 0 Å². The van der Waals surface area contributed by atoms with E-state index < -0.39 is 10.0 Å². The molecule has 1 N–H and O–H groups in total. The van der Waals surface area contributed by atoms with Gasteiger partial charge >= 0.3 is 0 Å². The van der Waals surface area contributed by atoms with Crippen molar-refractivity contribution in [2.24, 2.45) is 0 Å². The second-order valence-corrected chi connectivity index (χ2v) is 9.42. The van der Waals surface area contributed by atoms with Gasteiger partial charge in [0.1, 0.15) is 0 Å². The molecule has 150 valence electrons. The Hall–Kier alpha value is -1.74. The van der Waals surface area contributed by atoms with Crippen LogP contribution in [-0.2, 0) is 32.4 Å². The summed E-state index contributed by atoms with van der Waals surface area (Å²) in [7, 11) is -3.47. The van der Waals surface area contributed by atoms with E-state index in [4.69, 9.17) is 4.74 Å². The molecule has 0 unspecified atom stereocenters. The Bertz CT molecular complexity index is 893. The van der Waals surface area contributed by atoms with E-state index in [0.29, 0.717) is 45.7 Å². The normalized spacial score (nSPS) is 15.3. The molecular weight excluding hydrogens is 444 g/mol. The zero-order chi connectivity index (χ0) is 20.0. The van der Waals surface area contributed by atoms with Crippen LogP contribution in [-0.4, -0.2) is 51.5 Å². The molecule has 1 aliphatic rings. The minimum atomic E-state index is -3.47. The minimum absolute atomic E-state index is 0.0335. The molecule has 0 radical (unpaired) electrons. The number of carbonyl (C=O) groups excluding carboxylic acids is 1. The van der Waals surface area contributed by atoms with Crippen LogP contribution in [0.5, 0.6) is 0 Å². The van der Waals surface area contributed by atoms with Crippen molar-refractivity contribution in [2.75, 3.05) is 32.8 Å². The minimum Gasteiger partial charge on any atom is -0.379 e. The monoisotopic (exact) mass is 466 g/mol. The van der Waals surface area contributed by atoms with Crippen molar-refractivity contribution in [3.8, 4) is 0 Å². The number of benzene rings is 2. The first kappa shape index (κ1) is 21.0. The molecule has 8 heteroatoms. The summed E-state index contributed by atoms with van der Waals surface area (Å²) in [6.07, 6.45) is 0.980. The highest BCUT2D eigenvalue weighted by Gasteiger charge is 2.25. The van der Waals surface area contributed by atoms with Gasteiger partial charge in [-0.1, -0.05) is 40.2 Å². The number of morpholine rings is 1. The summed E-state index contributed by atoms with van der Waals surface area (Å²) in [6.45, 7) is 2.13. The number of hydrogen-bond donors (Lipinski definition) is 1. The van der Waals surface area contributed by atoms with Gasteiger partial charge < -0.3 is 10.1 Å². The van der Waals surface area contributed by atoms with Gasteiger partial charge in [0.15, 0.2) is 0 Å². The number of sulfonamides is 1. The number of hydrogen-bond acceptors (Lipinski definition) is 4. The molecule has 0 aliphatic carbocycles. The first-order valence-electron chi connectivity index (χ1n) is 9.13. The van der Waals surface area contributed by atoms with E-state index in [-0.39, 0.29) is 10.8 Å². The first-order chi connectivity index (χ1) is 13.4. The summed E-state index contributed by atoms with van der Waals surface area (Å²) < 4.78 is 32.9. The van der Waals surface area contributed by atoms with Crippen LogP contribution in [0.25, 0.3) is 0 Å². The highest BCUT2D eigenvalue weighted by molar-refractivity contribution is 9.10. The molecule has 1 saturated heterocycles. The Balaban J connectivity index is 1.49. The molecule has 2 aromatic carbocycles. The SMILES string of the molecule is O=C(Cc1ccc(Br)cc1)NCCc1ccc(S(=O)(=O)N2CCOCC2)cc1. The molecule has 1 fully saturated rings. The standard InChI is InChI=1S/C20H23BrN2O4S/c21-18-5-1-17(2-6-18)15-20(24)22-10-9-16-3-7-19(8-4-16)28(25,26)23-11-13-27-14-12-23/h1-8H,9-15H2,(H,22,24). The van der Waals surface area contributed by atoms with Crippen LogP contribution >= 0.6 is 15.9 Å². The fraction of sp³-hybridized carbons (Fsp3) is 0.350. The highest BCUT2D eigenvalue weighted by atomic mass is 79.9. The Morgan fingerprint density at radius 1 is 1.00 bits per heavy atom. The van der Waals surface area contributed by atoms with Crippen LogP contribution in [0.4, 0.5) is 0 Å². The molecule has 1 amide bonds. The molecular formula is C20H23BrN2O4S. The molecule has 0 spiro atoms. The van der Waals surface area contributed by atoms with Crippen molar-refractivity contribution >= 4 is 31.9 Å². The molecule has 3 rings (SSSR count). The van der Waals surface area contributed by atoms with Gasteiger partial charge in [-0.3, -0.25) is 4.79 Å². The molecule has 0 bridgehead atoms. The van der Waals surface area contributed by atoms with Gasteiger partial charge in [-0.2, -0.15) is 4.31 Å². The van der Waals surface area contributed by atoms with E-state index in [1.165, 1.54) is 4.31 Å². The average Bonchev–Trinajstić information content (AvgIpc) is 2.71. The van der Waals surface area contributed by atoms with E-state index in [1.54, 1.807) is 24.3 Å². The first-order valence-corrected chi connectivity index (χ1v) is 11.4. The predicted molar refractivity (Wildman–Crippen MR) is 111 cm³/mol. The lowest BCUT2D eigenvalue weighted by Crippen LogP contribution is -2.40. The van der Waals surface area contributed by atoms with Crippen LogP contribution in [0, 0.1) is 0 Å². The lowest BCUT2D eigenvalue weighted by molar-refractivity contribution is -0.120. The average molecular weight is 467 g/mol. The summed E-state index contributed by atoms with van der Waals surface area (Å²) in [4.78, 5) is 12.3. The topological polar surface area (TPSA) is 75.7 Å². The van der Waals surface area contributed by atoms with Crippen LogP contribution in [0.2, 0.25) is 0 Å². The summed E-state index contributed by atoms with van der Waals surface area (Å²) in [5.74, 6) is -0.0335. The second-order valence-electron chi connectivity index (χ2n) is 6.56. The fourth-order valence-electron chi connectivity index (χ4n) is 2.96. The largest absolute Gasteiger partial charge is 0.379 e. The Morgan fingerprint density at radius 3 is 2.25 bits per heavy atom. The van der Waals surface area contributed by atoms with Crippen molar-refractivity contribution in [2.45, 2.75) is 17.7 Å². The molecule has 0 saturated carbocycles. The number of nitrogens with zero attached hydrogens (tertiary/aromatic N) is 1. The number of nitrogens with one attached hydrogen (secondary N) is 1. The van der Waals surface area contributed by atoms with Gasteiger partial charge in [-0.25, -0.2) is 8.42 Å². The number of amides is 1. The summed E-state index contributed by atoms with van der Waals surface area (Å²) >= 11 is 3.37. The Kier molecular flexibility index (Phi) is 7.23. The highest BCUT2D eigenvalue weighted by Crippen LogP contribution is 2.18. The zero-order valence-electron chi connectivity index (χ0n) is 15.4. The van der Waals surface area contributed by atoms with E-state index in [9.17, 15) is 13.2 Å². The van der Waals surface area contributed by atoms with Gasteiger partial charge in [0.25, 0.3) is 0 Å². The number of ether oxygens (including phenoxy) is 1. The third kappa shape index (κ3) is 5.64. The smallest absolute Gasteiger partial charge is 0.243 e. The van der Waals surface area contributed by atoms with Gasteiger partial charge in [-0.05, 0) is 41.8 Å². The van der Waals surface area contributed by atoms with Gasteiger partial charge in [0.05, 0.1) is 24.5 Å². The fourth-order valence-corrected chi connectivity index (χ4v) is 4.63. The third-order valence-corrected chi connectivity index (χ3v) is 6.99. The molecule has 28 heavy (non-hydrogen) atoms. The van der Waals surface area contributed by atoms with Crippen molar-refractivity contribution < 1.29 is 17.9 Å².